The summed E-state index contributed by atoms with van der Waals surface area (Å²) in [6, 6.07) is 4.32. The van der Waals surface area contributed by atoms with E-state index in [1.54, 1.807) is 0 Å². The molecule has 0 radical (unpaired) electrons. The van der Waals surface area contributed by atoms with E-state index in [2.05, 4.69) is 59.0 Å². The van der Waals surface area contributed by atoms with E-state index in [9.17, 15) is 9.90 Å². The highest BCUT2D eigenvalue weighted by atomic mass is 35.5. The molecule has 0 atom stereocenters. The minimum absolute atomic E-state index is 0. The van der Waals surface area contributed by atoms with Gasteiger partial charge in [-0.05, 0) is 55.3 Å². The van der Waals surface area contributed by atoms with Gasteiger partial charge in [-0.1, -0.05) is 41.5 Å². The van der Waals surface area contributed by atoms with Gasteiger partial charge in [-0.3, -0.25) is 4.79 Å². The van der Waals surface area contributed by atoms with Crippen LogP contribution in [0.4, 0.5) is 0 Å². The van der Waals surface area contributed by atoms with E-state index in [0.717, 1.165) is 43.5 Å². The number of esters is 1. The third-order valence-corrected chi connectivity index (χ3v) is 6.93. The quantitative estimate of drug-likeness (QED) is 0.582. The number of benzene rings is 1. The molecule has 29 heavy (non-hydrogen) atoms. The van der Waals surface area contributed by atoms with Gasteiger partial charge in [0, 0.05) is 27.7 Å². The second kappa shape index (κ2) is 9.93. The fourth-order valence-corrected chi connectivity index (χ4v) is 5.17. The fraction of sp³-hybridized carbons (Fsp3) is 0.696. The van der Waals surface area contributed by atoms with Crippen molar-refractivity contribution < 1.29 is 14.6 Å². The maximum atomic E-state index is 11.2. The first kappa shape index (κ1) is 26.1. The average molecular weight is 444 g/mol. The van der Waals surface area contributed by atoms with Crippen LogP contribution in [0.5, 0.6) is 5.75 Å². The van der Waals surface area contributed by atoms with E-state index in [0.29, 0.717) is 12.4 Å². The molecule has 6 heteroatoms. The number of hydrogen-bond donors (Lipinski definition) is 2. The average Bonchev–Trinajstić information content (AvgIpc) is 2.54. The van der Waals surface area contributed by atoms with E-state index >= 15 is 0 Å². The molecule has 1 aromatic rings. The Morgan fingerprint density at radius 3 is 2.00 bits per heavy atom. The molecule has 4 nitrogen and oxygen atoms in total. The first-order chi connectivity index (χ1) is 12.8. The standard InChI is InChI=1S/C23H37NO3S.ClH/c1-16(25)27-13-10-23(8-11-24-12-9-23)28-17-14-18(21(2,3)4)20(26)19(15-17)22(5,6)7;/h14-15,24,26H,8-13H2,1-7H3;1H. The molecule has 0 bridgehead atoms. The van der Waals surface area contributed by atoms with Crippen molar-refractivity contribution in [3.8, 4) is 5.75 Å². The number of halogens is 1. The summed E-state index contributed by atoms with van der Waals surface area (Å²) in [5.41, 5.74) is 1.71. The summed E-state index contributed by atoms with van der Waals surface area (Å²) in [5, 5.41) is 14.4. The van der Waals surface area contributed by atoms with Crippen LogP contribution in [-0.2, 0) is 20.4 Å². The topological polar surface area (TPSA) is 58.6 Å². The molecule has 2 rings (SSSR count). The molecule has 0 amide bonds. The number of phenolic OH excluding ortho intramolecular Hbond substituents is 1. The van der Waals surface area contributed by atoms with Crippen molar-refractivity contribution in [2.75, 3.05) is 19.7 Å². The Labute approximate surface area is 187 Å². The zero-order chi connectivity index (χ0) is 21.2. The van der Waals surface area contributed by atoms with Gasteiger partial charge in [-0.25, -0.2) is 0 Å². The molecular formula is C23H38ClNO3S. The number of aromatic hydroxyl groups is 1. The molecule has 0 saturated carbocycles. The van der Waals surface area contributed by atoms with E-state index in [4.69, 9.17) is 4.74 Å². The number of rotatable bonds is 5. The number of hydrogen-bond acceptors (Lipinski definition) is 5. The summed E-state index contributed by atoms with van der Waals surface area (Å²) >= 11 is 1.89. The van der Waals surface area contributed by atoms with E-state index in [1.807, 2.05) is 11.8 Å². The number of piperidine rings is 1. The smallest absolute Gasteiger partial charge is 0.302 e. The Hall–Kier alpha value is -0.910. The number of carbonyl (C=O) groups excluding carboxylic acids is 1. The van der Waals surface area contributed by atoms with Crippen LogP contribution < -0.4 is 5.32 Å². The monoisotopic (exact) mass is 443 g/mol. The summed E-state index contributed by atoms with van der Waals surface area (Å²) in [7, 11) is 0. The van der Waals surface area contributed by atoms with Gasteiger partial charge in [0.2, 0.25) is 0 Å². The third-order valence-electron chi connectivity index (χ3n) is 5.41. The molecule has 1 aliphatic rings. The molecule has 1 aliphatic heterocycles. The van der Waals surface area contributed by atoms with Crippen molar-refractivity contribution in [1.82, 2.24) is 5.32 Å². The van der Waals surface area contributed by atoms with E-state index < -0.39 is 0 Å². The number of carbonyl (C=O) groups is 1. The molecule has 1 fully saturated rings. The van der Waals surface area contributed by atoms with Gasteiger partial charge in [0.1, 0.15) is 5.75 Å². The predicted octanol–water partition coefficient (Wildman–Crippen LogP) is 5.58. The van der Waals surface area contributed by atoms with Crippen LogP contribution in [0.3, 0.4) is 0 Å². The summed E-state index contributed by atoms with van der Waals surface area (Å²) in [6.07, 6.45) is 2.92. The third kappa shape index (κ3) is 7.08. The molecule has 0 aromatic heterocycles. The van der Waals surface area contributed by atoms with Crippen LogP contribution in [0.15, 0.2) is 17.0 Å². The normalized spacial score (nSPS) is 16.8. The Balaban J connectivity index is 0.00000420. The summed E-state index contributed by atoms with van der Waals surface area (Å²) in [4.78, 5) is 12.4. The van der Waals surface area contributed by atoms with Crippen LogP contribution in [-0.4, -0.2) is 35.5 Å². The maximum absolute atomic E-state index is 11.2. The lowest BCUT2D eigenvalue weighted by Crippen LogP contribution is -2.40. The second-order valence-corrected chi connectivity index (χ2v) is 11.5. The van der Waals surface area contributed by atoms with Gasteiger partial charge in [0.05, 0.1) is 6.61 Å². The molecule has 0 spiro atoms. The highest BCUT2D eigenvalue weighted by Gasteiger charge is 2.35. The van der Waals surface area contributed by atoms with Gasteiger partial charge in [0.25, 0.3) is 0 Å². The van der Waals surface area contributed by atoms with Crippen molar-refractivity contribution >= 4 is 30.1 Å². The highest BCUT2D eigenvalue weighted by molar-refractivity contribution is 8.00. The van der Waals surface area contributed by atoms with E-state index in [1.165, 1.54) is 11.8 Å². The molecule has 166 valence electrons. The van der Waals surface area contributed by atoms with Crippen LogP contribution >= 0.6 is 24.2 Å². The van der Waals surface area contributed by atoms with Gasteiger partial charge < -0.3 is 15.2 Å². The maximum Gasteiger partial charge on any atom is 0.302 e. The van der Waals surface area contributed by atoms with Crippen LogP contribution in [0.1, 0.15) is 78.9 Å². The van der Waals surface area contributed by atoms with Gasteiger partial charge in [-0.2, -0.15) is 0 Å². The lowest BCUT2D eigenvalue weighted by atomic mass is 9.79. The van der Waals surface area contributed by atoms with Gasteiger partial charge >= 0.3 is 5.97 Å². The Morgan fingerprint density at radius 2 is 1.59 bits per heavy atom. The largest absolute Gasteiger partial charge is 0.507 e. The van der Waals surface area contributed by atoms with Crippen molar-refractivity contribution in [3.63, 3.8) is 0 Å². The lowest BCUT2D eigenvalue weighted by Gasteiger charge is -2.38. The van der Waals surface area contributed by atoms with Crippen molar-refractivity contribution in [3.05, 3.63) is 23.3 Å². The summed E-state index contributed by atoms with van der Waals surface area (Å²) in [6.45, 7) is 16.7. The predicted molar refractivity (Wildman–Crippen MR) is 125 cm³/mol. The highest BCUT2D eigenvalue weighted by Crippen LogP contribution is 2.47. The Morgan fingerprint density at radius 1 is 1.10 bits per heavy atom. The summed E-state index contributed by atoms with van der Waals surface area (Å²) in [5.74, 6) is 0.201. The first-order valence-corrected chi connectivity index (χ1v) is 11.1. The number of thioether (sulfide) groups is 1. The molecule has 1 heterocycles. The number of phenols is 1. The first-order valence-electron chi connectivity index (χ1n) is 10.3. The Bertz CT molecular complexity index is 666. The molecule has 1 saturated heterocycles. The zero-order valence-corrected chi connectivity index (χ0v) is 20.6. The van der Waals surface area contributed by atoms with Gasteiger partial charge in [0.15, 0.2) is 0 Å². The molecule has 0 unspecified atom stereocenters. The van der Waals surface area contributed by atoms with Crippen molar-refractivity contribution in [2.24, 2.45) is 0 Å². The number of nitrogens with one attached hydrogen (secondary N) is 1. The fourth-order valence-electron chi connectivity index (χ4n) is 3.73. The van der Waals surface area contributed by atoms with Crippen molar-refractivity contribution in [2.45, 2.75) is 88.2 Å². The molecular weight excluding hydrogens is 406 g/mol. The zero-order valence-electron chi connectivity index (χ0n) is 19.0. The minimum Gasteiger partial charge on any atom is -0.507 e. The van der Waals surface area contributed by atoms with Crippen LogP contribution in [0.25, 0.3) is 0 Å². The second-order valence-electron chi connectivity index (χ2n) is 9.99. The Kier molecular flexibility index (Phi) is 8.95. The molecule has 1 aromatic carbocycles. The molecule has 0 aliphatic carbocycles. The lowest BCUT2D eigenvalue weighted by molar-refractivity contribution is -0.141. The molecule has 2 N–H and O–H groups in total. The van der Waals surface area contributed by atoms with Crippen LogP contribution in [0.2, 0.25) is 0 Å². The van der Waals surface area contributed by atoms with Crippen LogP contribution in [0, 0.1) is 0 Å². The SMILES string of the molecule is CC(=O)OCCC1(Sc2cc(C(C)(C)C)c(O)c(C(C)(C)C)c2)CCNCC1.Cl. The summed E-state index contributed by atoms with van der Waals surface area (Å²) < 4.78 is 5.31. The number of ether oxygens (including phenoxy) is 1. The van der Waals surface area contributed by atoms with E-state index in [-0.39, 0.29) is 34.0 Å². The van der Waals surface area contributed by atoms with Gasteiger partial charge in [-0.15, -0.1) is 24.2 Å². The van der Waals surface area contributed by atoms with Crippen molar-refractivity contribution in [1.29, 1.82) is 0 Å². The minimum atomic E-state index is -0.219.